The Morgan fingerprint density at radius 3 is 2.19 bits per heavy atom. The van der Waals surface area contributed by atoms with Crippen LogP contribution in [0.5, 0.6) is 0 Å². The summed E-state index contributed by atoms with van der Waals surface area (Å²) in [5.41, 5.74) is 1.53. The maximum atomic E-state index is 13.1. The fourth-order valence-corrected chi connectivity index (χ4v) is 6.70. The smallest absolute Gasteiger partial charge is 0.261 e. The number of carbonyl (C=O) groups excluding carboxylic acids is 2. The summed E-state index contributed by atoms with van der Waals surface area (Å²) in [6.07, 6.45) is 3.13. The molecule has 3 aliphatic rings. The molecule has 0 spiro atoms. The fourth-order valence-electron chi connectivity index (χ4n) is 6.70. The van der Waals surface area contributed by atoms with Crippen molar-refractivity contribution >= 4 is 22.6 Å². The molecule has 1 saturated carbocycles. The van der Waals surface area contributed by atoms with E-state index in [9.17, 15) is 14.7 Å². The zero-order valence-corrected chi connectivity index (χ0v) is 22.5. The number of carbonyl (C=O) groups is 2. The Bertz CT molecular complexity index is 1090. The number of hydrogen-bond acceptors (Lipinski definition) is 6. The average Bonchev–Trinajstić information content (AvgIpc) is 2.85. The maximum absolute atomic E-state index is 13.1. The van der Waals surface area contributed by atoms with Crippen LogP contribution in [0.2, 0.25) is 0 Å². The second-order valence-electron chi connectivity index (χ2n) is 12.1. The van der Waals surface area contributed by atoms with Crippen molar-refractivity contribution in [2.75, 3.05) is 52.4 Å². The van der Waals surface area contributed by atoms with E-state index in [1.54, 1.807) is 0 Å². The quantitative estimate of drug-likeness (QED) is 0.550. The van der Waals surface area contributed by atoms with Crippen LogP contribution in [0.4, 0.5) is 0 Å². The van der Waals surface area contributed by atoms with Gasteiger partial charge in [-0.1, -0.05) is 45.0 Å². The van der Waals surface area contributed by atoms with Crippen molar-refractivity contribution in [1.82, 2.24) is 14.7 Å². The molecule has 2 fully saturated rings. The van der Waals surface area contributed by atoms with Crippen molar-refractivity contribution < 1.29 is 19.4 Å². The van der Waals surface area contributed by atoms with Gasteiger partial charge in [-0.3, -0.25) is 24.3 Å². The molecule has 0 unspecified atom stereocenters. The predicted octanol–water partition coefficient (Wildman–Crippen LogP) is 3.65. The fraction of sp³-hybridized carbons (Fsp3) is 0.600. The molecule has 200 valence electrons. The van der Waals surface area contributed by atoms with Gasteiger partial charge in [0.05, 0.1) is 18.8 Å². The van der Waals surface area contributed by atoms with Gasteiger partial charge in [-0.05, 0) is 48.1 Å². The first-order valence-corrected chi connectivity index (χ1v) is 13.8. The van der Waals surface area contributed by atoms with Crippen LogP contribution >= 0.6 is 0 Å². The van der Waals surface area contributed by atoms with E-state index in [-0.39, 0.29) is 17.9 Å². The third-order valence-electron chi connectivity index (χ3n) is 8.30. The van der Waals surface area contributed by atoms with Gasteiger partial charge in [0.25, 0.3) is 11.8 Å². The monoisotopic (exact) mass is 507 g/mol. The lowest BCUT2D eigenvalue weighted by Gasteiger charge is -2.39. The van der Waals surface area contributed by atoms with Gasteiger partial charge < -0.3 is 9.84 Å². The predicted molar refractivity (Wildman–Crippen MR) is 145 cm³/mol. The van der Waals surface area contributed by atoms with Crippen LogP contribution in [0.25, 0.3) is 10.8 Å². The highest BCUT2D eigenvalue weighted by molar-refractivity contribution is 6.25. The standard InChI is InChI=1S/C30H41N3O4/c1-21-16-24(18-30(2,3)17-21)37-20-23(34)19-32-12-10-31(11-13-32)14-15-33-28(35)25-8-4-6-22-7-5-9-26(27(22)25)29(33)36/h4-9,21,23-24,34H,10-20H2,1-3H3/t21-,23+,24-/m0/s1. The summed E-state index contributed by atoms with van der Waals surface area (Å²) in [4.78, 5) is 32.2. The van der Waals surface area contributed by atoms with Crippen molar-refractivity contribution in [3.63, 3.8) is 0 Å². The van der Waals surface area contributed by atoms with Crippen molar-refractivity contribution in [1.29, 1.82) is 0 Å². The SMILES string of the molecule is C[C@H]1C[C@H](OC[C@H](O)CN2CCN(CCN3C(=O)c4cccc5cccc(c45)C3=O)CC2)CC(C)(C)C1. The molecule has 0 aromatic heterocycles. The molecular formula is C30H41N3O4. The van der Waals surface area contributed by atoms with Gasteiger partial charge in [-0.2, -0.15) is 0 Å². The Kier molecular flexibility index (Phi) is 7.68. The molecule has 0 bridgehead atoms. The average molecular weight is 508 g/mol. The summed E-state index contributed by atoms with van der Waals surface area (Å²) in [6, 6.07) is 11.3. The second kappa shape index (κ2) is 10.8. The van der Waals surface area contributed by atoms with E-state index in [0.717, 1.165) is 49.8 Å². The first-order valence-electron chi connectivity index (χ1n) is 13.8. The molecule has 2 amide bonds. The molecule has 7 heteroatoms. The largest absolute Gasteiger partial charge is 0.389 e. The zero-order chi connectivity index (χ0) is 26.2. The second-order valence-corrected chi connectivity index (χ2v) is 12.1. The van der Waals surface area contributed by atoms with Crippen LogP contribution in [-0.2, 0) is 4.74 Å². The van der Waals surface area contributed by atoms with Gasteiger partial charge in [0.15, 0.2) is 0 Å². The minimum absolute atomic E-state index is 0.202. The number of imide groups is 1. The maximum Gasteiger partial charge on any atom is 0.261 e. The van der Waals surface area contributed by atoms with Crippen molar-refractivity contribution in [3.8, 4) is 0 Å². The molecule has 7 nitrogen and oxygen atoms in total. The number of benzene rings is 2. The molecule has 37 heavy (non-hydrogen) atoms. The third-order valence-corrected chi connectivity index (χ3v) is 8.30. The third kappa shape index (κ3) is 5.90. The summed E-state index contributed by atoms with van der Waals surface area (Å²) in [7, 11) is 0. The first kappa shape index (κ1) is 26.3. The number of amides is 2. The number of β-amino-alcohol motifs (C(OH)–C–C–N with tert-alkyl or cyclic N) is 1. The molecule has 0 radical (unpaired) electrons. The normalized spacial score (nSPS) is 25.6. The van der Waals surface area contributed by atoms with Gasteiger partial charge >= 0.3 is 0 Å². The van der Waals surface area contributed by atoms with Crippen LogP contribution < -0.4 is 0 Å². The van der Waals surface area contributed by atoms with Crippen molar-refractivity contribution in [2.24, 2.45) is 11.3 Å². The number of nitrogens with zero attached hydrogens (tertiary/aromatic N) is 3. The van der Waals surface area contributed by atoms with Crippen LogP contribution in [0.1, 0.15) is 60.7 Å². The summed E-state index contributed by atoms with van der Waals surface area (Å²) < 4.78 is 6.13. The number of hydrogen-bond donors (Lipinski definition) is 1. The first-order chi connectivity index (χ1) is 17.7. The molecule has 2 aromatic carbocycles. The van der Waals surface area contributed by atoms with E-state index in [1.165, 1.54) is 11.3 Å². The summed E-state index contributed by atoms with van der Waals surface area (Å²) in [6.45, 7) is 12.4. The molecule has 1 aliphatic carbocycles. The molecule has 1 N–H and O–H groups in total. The zero-order valence-electron chi connectivity index (χ0n) is 22.5. The van der Waals surface area contributed by atoms with Crippen molar-refractivity contribution in [3.05, 3.63) is 47.5 Å². The topological polar surface area (TPSA) is 73.3 Å². The Morgan fingerprint density at radius 2 is 1.57 bits per heavy atom. The summed E-state index contributed by atoms with van der Waals surface area (Å²) >= 11 is 0. The molecule has 2 aromatic rings. The highest BCUT2D eigenvalue weighted by Crippen LogP contribution is 2.39. The minimum atomic E-state index is -0.488. The van der Waals surface area contributed by atoms with E-state index < -0.39 is 6.10 Å². The number of rotatable bonds is 8. The molecule has 2 heterocycles. The molecule has 5 rings (SSSR count). The Balaban J connectivity index is 1.07. The van der Waals surface area contributed by atoms with Gasteiger partial charge in [0, 0.05) is 62.3 Å². The van der Waals surface area contributed by atoms with Crippen LogP contribution in [0.15, 0.2) is 36.4 Å². The molecule has 1 saturated heterocycles. The number of aliphatic hydroxyl groups is 1. The van der Waals surface area contributed by atoms with E-state index in [4.69, 9.17) is 4.74 Å². The van der Waals surface area contributed by atoms with Crippen LogP contribution in [-0.4, -0.2) is 96.2 Å². The summed E-state index contributed by atoms with van der Waals surface area (Å²) in [5.74, 6) is 0.261. The van der Waals surface area contributed by atoms with Gasteiger partial charge in [-0.25, -0.2) is 0 Å². The van der Waals surface area contributed by atoms with E-state index in [2.05, 4.69) is 30.6 Å². The Labute approximate surface area is 220 Å². The molecule has 2 aliphatic heterocycles. The number of piperazine rings is 1. The Morgan fingerprint density at radius 1 is 0.946 bits per heavy atom. The number of ether oxygens (including phenoxy) is 1. The lowest BCUT2D eigenvalue weighted by Crippen LogP contribution is -2.51. The lowest BCUT2D eigenvalue weighted by molar-refractivity contribution is -0.0633. The molecule has 3 atom stereocenters. The highest BCUT2D eigenvalue weighted by Gasteiger charge is 2.34. The van der Waals surface area contributed by atoms with Crippen molar-refractivity contribution in [2.45, 2.75) is 52.2 Å². The lowest BCUT2D eigenvalue weighted by atomic mass is 9.71. The highest BCUT2D eigenvalue weighted by atomic mass is 16.5. The van der Waals surface area contributed by atoms with E-state index in [1.807, 2.05) is 36.4 Å². The van der Waals surface area contributed by atoms with Gasteiger partial charge in [0.1, 0.15) is 0 Å². The minimum Gasteiger partial charge on any atom is -0.389 e. The van der Waals surface area contributed by atoms with E-state index in [0.29, 0.717) is 48.7 Å². The Hall–Kier alpha value is -2.32. The number of aliphatic hydroxyl groups excluding tert-OH is 1. The van der Waals surface area contributed by atoms with Crippen LogP contribution in [0, 0.1) is 11.3 Å². The van der Waals surface area contributed by atoms with Gasteiger partial charge in [-0.15, -0.1) is 0 Å². The van der Waals surface area contributed by atoms with Crippen LogP contribution in [0.3, 0.4) is 0 Å². The van der Waals surface area contributed by atoms with E-state index >= 15 is 0 Å². The van der Waals surface area contributed by atoms with Gasteiger partial charge in [0.2, 0.25) is 0 Å². The summed E-state index contributed by atoms with van der Waals surface area (Å²) in [5, 5.41) is 12.3. The molecular weight excluding hydrogens is 466 g/mol.